The minimum Gasteiger partial charge on any atom is -0.381 e. The van der Waals surface area contributed by atoms with Crippen LogP contribution in [0.3, 0.4) is 0 Å². The first-order valence-corrected chi connectivity index (χ1v) is 4.99. The monoisotopic (exact) mass is 225 g/mol. The van der Waals surface area contributed by atoms with Crippen LogP contribution in [0.5, 0.6) is 0 Å². The molecule has 0 fully saturated rings. The van der Waals surface area contributed by atoms with Gasteiger partial charge in [-0.15, -0.1) is 0 Å². The van der Waals surface area contributed by atoms with E-state index in [9.17, 15) is 9.18 Å². The summed E-state index contributed by atoms with van der Waals surface area (Å²) in [7, 11) is 0. The van der Waals surface area contributed by atoms with Gasteiger partial charge in [-0.1, -0.05) is 13.0 Å². The molecular formula is C10H12FN3O2. The number of anilines is 1. The summed E-state index contributed by atoms with van der Waals surface area (Å²) in [4.78, 5) is 14.8. The molecule has 0 saturated carbocycles. The Labute approximate surface area is 91.4 Å². The second kappa shape index (κ2) is 4.05. The van der Waals surface area contributed by atoms with E-state index in [-0.39, 0.29) is 6.10 Å². The average Bonchev–Trinajstić information content (AvgIpc) is 2.71. The van der Waals surface area contributed by atoms with Crippen LogP contribution in [-0.4, -0.2) is 15.7 Å². The summed E-state index contributed by atoms with van der Waals surface area (Å²) in [6.45, 7) is 1.96. The van der Waals surface area contributed by atoms with Gasteiger partial charge in [0.05, 0.1) is 12.3 Å². The van der Waals surface area contributed by atoms with Gasteiger partial charge in [-0.25, -0.2) is 9.18 Å². The predicted molar refractivity (Wildman–Crippen MR) is 56.2 cm³/mol. The van der Waals surface area contributed by atoms with E-state index in [2.05, 4.69) is 4.98 Å². The zero-order valence-corrected chi connectivity index (χ0v) is 8.76. The second-order valence-corrected chi connectivity index (χ2v) is 3.52. The van der Waals surface area contributed by atoms with E-state index in [1.807, 2.05) is 13.0 Å². The molecule has 2 heterocycles. The molecule has 2 atom stereocenters. The lowest BCUT2D eigenvalue weighted by Gasteiger charge is -2.15. The van der Waals surface area contributed by atoms with Gasteiger partial charge in [0, 0.05) is 0 Å². The Morgan fingerprint density at radius 3 is 3.00 bits per heavy atom. The molecule has 2 N–H and O–H groups in total. The lowest BCUT2D eigenvalue weighted by molar-refractivity contribution is 0.0136. The number of nitrogen functional groups attached to an aromatic ring is 1. The maximum absolute atomic E-state index is 13.2. The molecule has 0 aromatic carbocycles. The van der Waals surface area contributed by atoms with Gasteiger partial charge in [0.15, 0.2) is 17.9 Å². The Kier molecular flexibility index (Phi) is 2.74. The highest BCUT2D eigenvalue weighted by Gasteiger charge is 2.21. The Morgan fingerprint density at radius 2 is 2.38 bits per heavy atom. The van der Waals surface area contributed by atoms with Crippen molar-refractivity contribution < 1.29 is 9.13 Å². The zero-order chi connectivity index (χ0) is 11.7. The van der Waals surface area contributed by atoms with Gasteiger partial charge in [-0.3, -0.25) is 4.57 Å². The number of hydrogen-bond donors (Lipinski definition) is 1. The normalized spacial score (nSPS) is 23.9. The van der Waals surface area contributed by atoms with Gasteiger partial charge >= 0.3 is 5.69 Å². The minimum atomic E-state index is -0.725. The number of ether oxygens (including phenoxy) is 1. The number of hydrogen-bond acceptors (Lipinski definition) is 4. The van der Waals surface area contributed by atoms with Crippen molar-refractivity contribution in [2.75, 3.05) is 5.73 Å². The highest BCUT2D eigenvalue weighted by Crippen LogP contribution is 2.21. The lowest BCUT2D eigenvalue weighted by atomic mass is 10.3. The van der Waals surface area contributed by atoms with Crippen molar-refractivity contribution in [1.82, 2.24) is 9.55 Å². The fraction of sp³-hybridized carbons (Fsp3) is 0.400. The summed E-state index contributed by atoms with van der Waals surface area (Å²) in [5, 5.41) is 0. The van der Waals surface area contributed by atoms with Crippen molar-refractivity contribution in [2.45, 2.75) is 25.7 Å². The van der Waals surface area contributed by atoms with Crippen LogP contribution in [0.15, 0.2) is 23.1 Å². The number of rotatable bonds is 2. The highest BCUT2D eigenvalue weighted by atomic mass is 19.1. The van der Waals surface area contributed by atoms with E-state index in [0.29, 0.717) is 0 Å². The van der Waals surface area contributed by atoms with Crippen molar-refractivity contribution >= 4 is 5.82 Å². The third-order valence-electron chi connectivity index (χ3n) is 2.42. The molecule has 0 spiro atoms. The average molecular weight is 225 g/mol. The SMILES string of the molecule is CCC1C=CC(n2cc(F)c(N)nc2=O)O1. The molecule has 1 aliphatic rings. The molecule has 1 aromatic heterocycles. The maximum atomic E-state index is 13.2. The van der Waals surface area contributed by atoms with E-state index in [4.69, 9.17) is 10.5 Å². The fourth-order valence-corrected chi connectivity index (χ4v) is 1.52. The molecule has 0 radical (unpaired) electrons. The molecule has 86 valence electrons. The van der Waals surface area contributed by atoms with Crippen molar-refractivity contribution in [3.05, 3.63) is 34.7 Å². The first-order chi connectivity index (χ1) is 7.61. The predicted octanol–water partition coefficient (Wildman–Crippen LogP) is 0.828. The molecular weight excluding hydrogens is 213 g/mol. The summed E-state index contributed by atoms with van der Waals surface area (Å²) in [5.41, 5.74) is 4.56. The lowest BCUT2D eigenvalue weighted by Crippen LogP contribution is -2.28. The standard InChI is InChI=1S/C10H12FN3O2/c1-2-6-3-4-8(16-6)14-5-7(11)9(12)13-10(14)15/h3-6,8H,2H2,1H3,(H2,12,13,15). The quantitative estimate of drug-likeness (QED) is 0.757. The number of halogens is 1. The van der Waals surface area contributed by atoms with Crippen LogP contribution in [0.4, 0.5) is 10.2 Å². The van der Waals surface area contributed by atoms with Crippen LogP contribution in [-0.2, 0) is 4.74 Å². The van der Waals surface area contributed by atoms with Gasteiger partial charge in [-0.05, 0) is 12.5 Å². The first kappa shape index (κ1) is 10.8. The van der Waals surface area contributed by atoms with Crippen molar-refractivity contribution in [1.29, 1.82) is 0 Å². The Hall–Kier alpha value is -1.69. The summed E-state index contributed by atoms with van der Waals surface area (Å²) in [6.07, 6.45) is 4.71. The van der Waals surface area contributed by atoms with E-state index in [1.165, 1.54) is 0 Å². The Bertz CT molecular complexity index is 483. The Balaban J connectivity index is 2.33. The molecule has 6 heteroatoms. The molecule has 16 heavy (non-hydrogen) atoms. The van der Waals surface area contributed by atoms with Crippen LogP contribution in [0, 0.1) is 5.82 Å². The molecule has 1 aromatic rings. The van der Waals surface area contributed by atoms with Crippen LogP contribution in [0.25, 0.3) is 0 Å². The summed E-state index contributed by atoms with van der Waals surface area (Å²) >= 11 is 0. The van der Waals surface area contributed by atoms with Crippen LogP contribution < -0.4 is 11.4 Å². The molecule has 1 aliphatic heterocycles. The van der Waals surface area contributed by atoms with E-state index < -0.39 is 23.6 Å². The van der Waals surface area contributed by atoms with Gasteiger partial charge in [0.2, 0.25) is 0 Å². The second-order valence-electron chi connectivity index (χ2n) is 3.52. The number of nitrogens with two attached hydrogens (primary N) is 1. The van der Waals surface area contributed by atoms with Crippen LogP contribution in [0.1, 0.15) is 19.6 Å². The molecule has 0 amide bonds. The topological polar surface area (TPSA) is 70.1 Å². The van der Waals surface area contributed by atoms with Crippen LogP contribution >= 0.6 is 0 Å². The number of nitrogens with zero attached hydrogens (tertiary/aromatic N) is 2. The van der Waals surface area contributed by atoms with E-state index in [0.717, 1.165) is 17.2 Å². The molecule has 0 saturated heterocycles. The maximum Gasteiger partial charge on any atom is 0.352 e. The van der Waals surface area contributed by atoms with Crippen molar-refractivity contribution in [3.63, 3.8) is 0 Å². The smallest absolute Gasteiger partial charge is 0.352 e. The fourth-order valence-electron chi connectivity index (χ4n) is 1.52. The highest BCUT2D eigenvalue weighted by molar-refractivity contribution is 5.26. The van der Waals surface area contributed by atoms with E-state index in [1.54, 1.807) is 6.08 Å². The molecule has 2 rings (SSSR count). The molecule has 0 bridgehead atoms. The molecule has 2 unspecified atom stereocenters. The van der Waals surface area contributed by atoms with Crippen LogP contribution in [0.2, 0.25) is 0 Å². The Morgan fingerprint density at radius 1 is 1.62 bits per heavy atom. The van der Waals surface area contributed by atoms with Crippen molar-refractivity contribution in [3.8, 4) is 0 Å². The van der Waals surface area contributed by atoms with E-state index >= 15 is 0 Å². The molecule has 5 nitrogen and oxygen atoms in total. The van der Waals surface area contributed by atoms with Gasteiger partial charge in [-0.2, -0.15) is 4.98 Å². The summed E-state index contributed by atoms with van der Waals surface area (Å²) in [5.74, 6) is -1.12. The third-order valence-corrected chi connectivity index (χ3v) is 2.42. The van der Waals surface area contributed by atoms with Gasteiger partial charge in [0.25, 0.3) is 0 Å². The summed E-state index contributed by atoms with van der Waals surface area (Å²) in [6, 6.07) is 0. The first-order valence-electron chi connectivity index (χ1n) is 4.99. The zero-order valence-electron chi connectivity index (χ0n) is 8.76. The van der Waals surface area contributed by atoms with Crippen molar-refractivity contribution in [2.24, 2.45) is 0 Å². The number of aromatic nitrogens is 2. The largest absolute Gasteiger partial charge is 0.381 e. The minimum absolute atomic E-state index is 0.0440. The van der Waals surface area contributed by atoms with Gasteiger partial charge in [0.1, 0.15) is 0 Å². The molecule has 0 aliphatic carbocycles. The summed E-state index contributed by atoms with van der Waals surface area (Å²) < 4.78 is 19.7. The van der Waals surface area contributed by atoms with Gasteiger partial charge < -0.3 is 10.5 Å². The third kappa shape index (κ3) is 1.83.